The molecule has 3 heterocycles. The van der Waals surface area contributed by atoms with Crippen LogP contribution in [0.2, 0.25) is 0 Å². The minimum Gasteiger partial charge on any atom is -0.473 e. The zero-order valence-electron chi connectivity index (χ0n) is 12.9. The van der Waals surface area contributed by atoms with Gasteiger partial charge >= 0.3 is 0 Å². The highest BCUT2D eigenvalue weighted by atomic mass is 32.2. The van der Waals surface area contributed by atoms with Gasteiger partial charge in [0.2, 0.25) is 5.88 Å². The fourth-order valence-electron chi connectivity index (χ4n) is 2.38. The highest BCUT2D eigenvalue weighted by molar-refractivity contribution is 7.99. The van der Waals surface area contributed by atoms with Gasteiger partial charge in [-0.25, -0.2) is 9.97 Å². The third kappa shape index (κ3) is 4.72. The van der Waals surface area contributed by atoms with Gasteiger partial charge in [0.15, 0.2) is 0 Å². The van der Waals surface area contributed by atoms with Crippen molar-refractivity contribution in [1.82, 2.24) is 19.9 Å². The van der Waals surface area contributed by atoms with Crippen LogP contribution in [-0.2, 0) is 6.54 Å². The molecule has 1 fully saturated rings. The average molecular weight is 332 g/mol. The summed E-state index contributed by atoms with van der Waals surface area (Å²) in [5.74, 6) is 2.56. The summed E-state index contributed by atoms with van der Waals surface area (Å²) in [7, 11) is 0. The molecule has 1 amide bonds. The molecule has 0 bridgehead atoms. The number of aromatic nitrogens is 3. The quantitative estimate of drug-likeness (QED) is 0.785. The number of carbonyl (C=O) groups is 1. The van der Waals surface area contributed by atoms with E-state index in [2.05, 4.69) is 15.3 Å². The van der Waals surface area contributed by atoms with E-state index in [0.717, 1.165) is 30.9 Å². The van der Waals surface area contributed by atoms with Crippen molar-refractivity contribution < 1.29 is 9.53 Å². The summed E-state index contributed by atoms with van der Waals surface area (Å²) in [6.07, 6.45) is 9.16. The van der Waals surface area contributed by atoms with Crippen LogP contribution in [0.4, 0.5) is 0 Å². The maximum atomic E-state index is 12.2. The Morgan fingerprint density at radius 3 is 3.22 bits per heavy atom. The molecular formula is C16H20N4O2S. The summed E-state index contributed by atoms with van der Waals surface area (Å²) >= 11 is 1.89. The largest absolute Gasteiger partial charge is 0.473 e. The Balaban J connectivity index is 1.46. The highest BCUT2D eigenvalue weighted by Crippen LogP contribution is 2.22. The second kappa shape index (κ2) is 8.01. The van der Waals surface area contributed by atoms with Gasteiger partial charge in [0, 0.05) is 49.1 Å². The van der Waals surface area contributed by atoms with Crippen LogP contribution in [0.1, 0.15) is 23.2 Å². The topological polar surface area (TPSA) is 69.0 Å². The van der Waals surface area contributed by atoms with E-state index in [9.17, 15) is 4.79 Å². The first-order valence-corrected chi connectivity index (χ1v) is 8.91. The van der Waals surface area contributed by atoms with Gasteiger partial charge in [0.25, 0.3) is 5.91 Å². The number of hydrogen-bond donors (Lipinski definition) is 1. The number of rotatable bonds is 7. The van der Waals surface area contributed by atoms with Gasteiger partial charge in [0.1, 0.15) is 6.10 Å². The lowest BCUT2D eigenvalue weighted by molar-refractivity contribution is 0.0951. The van der Waals surface area contributed by atoms with E-state index in [1.807, 2.05) is 22.5 Å². The number of amides is 1. The van der Waals surface area contributed by atoms with Crippen LogP contribution < -0.4 is 10.1 Å². The van der Waals surface area contributed by atoms with E-state index < -0.39 is 0 Å². The molecule has 1 atom stereocenters. The lowest BCUT2D eigenvalue weighted by atomic mass is 10.2. The third-order valence-corrected chi connectivity index (χ3v) is 4.74. The molecule has 0 radical (unpaired) electrons. The fourth-order valence-corrected chi connectivity index (χ4v) is 3.47. The molecule has 3 rings (SSSR count). The van der Waals surface area contributed by atoms with Gasteiger partial charge in [-0.3, -0.25) is 4.79 Å². The van der Waals surface area contributed by atoms with Crippen LogP contribution in [-0.4, -0.2) is 44.6 Å². The van der Waals surface area contributed by atoms with Crippen molar-refractivity contribution >= 4 is 17.7 Å². The number of nitrogens with one attached hydrogen (secondary N) is 1. The van der Waals surface area contributed by atoms with Crippen molar-refractivity contribution in [1.29, 1.82) is 0 Å². The molecule has 7 heteroatoms. The molecule has 1 aliphatic heterocycles. The zero-order chi connectivity index (χ0) is 15.9. The second-order valence-corrected chi connectivity index (χ2v) is 6.55. The minimum absolute atomic E-state index is 0.0938. The number of thioether (sulfide) groups is 1. The number of ether oxygens (including phenoxy) is 1. The number of imidazole rings is 1. The van der Waals surface area contributed by atoms with E-state index in [1.54, 1.807) is 30.9 Å². The van der Waals surface area contributed by atoms with E-state index in [4.69, 9.17) is 4.74 Å². The Bertz CT molecular complexity index is 627. The van der Waals surface area contributed by atoms with E-state index in [1.165, 1.54) is 0 Å². The predicted octanol–water partition coefficient (Wildman–Crippen LogP) is 1.98. The molecule has 0 spiro atoms. The Hall–Kier alpha value is -2.02. The van der Waals surface area contributed by atoms with E-state index in [-0.39, 0.29) is 12.0 Å². The van der Waals surface area contributed by atoms with E-state index in [0.29, 0.717) is 18.0 Å². The first kappa shape index (κ1) is 15.9. The van der Waals surface area contributed by atoms with Crippen LogP contribution in [0.3, 0.4) is 0 Å². The predicted molar refractivity (Wildman–Crippen MR) is 89.8 cm³/mol. The first-order chi connectivity index (χ1) is 11.3. The summed E-state index contributed by atoms with van der Waals surface area (Å²) in [5.41, 5.74) is 0.586. The fraction of sp³-hybridized carbons (Fsp3) is 0.438. The van der Waals surface area contributed by atoms with Crippen LogP contribution in [0.5, 0.6) is 5.88 Å². The second-order valence-electron chi connectivity index (χ2n) is 5.40. The maximum Gasteiger partial charge on any atom is 0.251 e. The normalized spacial score (nSPS) is 17.1. The molecule has 0 aromatic carbocycles. The van der Waals surface area contributed by atoms with E-state index >= 15 is 0 Å². The molecule has 6 nitrogen and oxygen atoms in total. The van der Waals surface area contributed by atoms with Crippen LogP contribution in [0, 0.1) is 0 Å². The summed E-state index contributed by atoms with van der Waals surface area (Å²) in [5, 5.41) is 2.92. The molecule has 23 heavy (non-hydrogen) atoms. The standard InChI is InChI=1S/C16H20N4O2S/c21-16(19-4-1-7-20-8-6-17-12-20)13-2-5-18-15(10-13)22-14-3-9-23-11-14/h2,5-6,8,10,12,14H,1,3-4,7,9,11H2,(H,19,21)/t14-/m1/s1. The summed E-state index contributed by atoms with van der Waals surface area (Å²) in [6.45, 7) is 1.46. The van der Waals surface area contributed by atoms with Gasteiger partial charge in [-0.2, -0.15) is 11.8 Å². The van der Waals surface area contributed by atoms with Gasteiger partial charge in [0.05, 0.1) is 6.33 Å². The lowest BCUT2D eigenvalue weighted by Crippen LogP contribution is -2.25. The van der Waals surface area contributed by atoms with Crippen LogP contribution in [0.15, 0.2) is 37.1 Å². The maximum absolute atomic E-state index is 12.2. The van der Waals surface area contributed by atoms with Crippen molar-refractivity contribution in [3.8, 4) is 5.88 Å². The van der Waals surface area contributed by atoms with Crippen molar-refractivity contribution in [3.05, 3.63) is 42.6 Å². The van der Waals surface area contributed by atoms with Crippen molar-refractivity contribution in [2.24, 2.45) is 0 Å². The molecule has 2 aromatic rings. The monoisotopic (exact) mass is 332 g/mol. The van der Waals surface area contributed by atoms with Crippen molar-refractivity contribution in [2.75, 3.05) is 18.1 Å². The number of hydrogen-bond acceptors (Lipinski definition) is 5. The molecule has 1 N–H and O–H groups in total. The average Bonchev–Trinajstić information content (AvgIpc) is 3.25. The minimum atomic E-state index is -0.0938. The molecule has 122 valence electrons. The highest BCUT2D eigenvalue weighted by Gasteiger charge is 2.18. The van der Waals surface area contributed by atoms with Crippen molar-refractivity contribution in [3.63, 3.8) is 0 Å². The molecule has 0 aliphatic carbocycles. The molecule has 0 saturated carbocycles. The molecule has 1 aliphatic rings. The number of pyridine rings is 1. The SMILES string of the molecule is O=C(NCCCn1ccnc1)c1ccnc(O[C@@H]2CCSC2)c1. The number of aryl methyl sites for hydroxylation is 1. The Morgan fingerprint density at radius 1 is 1.48 bits per heavy atom. The Labute approximate surface area is 139 Å². The number of nitrogens with zero attached hydrogens (tertiary/aromatic N) is 3. The zero-order valence-corrected chi connectivity index (χ0v) is 13.7. The van der Waals surface area contributed by atoms with Gasteiger partial charge < -0.3 is 14.6 Å². The summed E-state index contributed by atoms with van der Waals surface area (Å²) < 4.78 is 7.81. The van der Waals surface area contributed by atoms with Gasteiger partial charge in [-0.05, 0) is 24.7 Å². The Morgan fingerprint density at radius 2 is 2.43 bits per heavy atom. The molecule has 0 unspecified atom stereocenters. The molecule has 2 aromatic heterocycles. The van der Waals surface area contributed by atoms with Gasteiger partial charge in [-0.1, -0.05) is 0 Å². The summed E-state index contributed by atoms with van der Waals surface area (Å²) in [6, 6.07) is 3.43. The first-order valence-electron chi connectivity index (χ1n) is 7.75. The molecular weight excluding hydrogens is 312 g/mol. The molecule has 1 saturated heterocycles. The number of carbonyl (C=O) groups excluding carboxylic acids is 1. The lowest BCUT2D eigenvalue weighted by Gasteiger charge is -2.12. The van der Waals surface area contributed by atoms with Crippen LogP contribution in [0.25, 0.3) is 0 Å². The van der Waals surface area contributed by atoms with Crippen LogP contribution >= 0.6 is 11.8 Å². The summed E-state index contributed by atoms with van der Waals surface area (Å²) in [4.78, 5) is 20.4. The Kier molecular flexibility index (Phi) is 5.52. The van der Waals surface area contributed by atoms with Crippen molar-refractivity contribution in [2.45, 2.75) is 25.5 Å². The smallest absolute Gasteiger partial charge is 0.251 e. The van der Waals surface area contributed by atoms with Gasteiger partial charge in [-0.15, -0.1) is 0 Å². The third-order valence-electron chi connectivity index (χ3n) is 3.61.